The minimum Gasteiger partial charge on any atom is -0.476 e. The lowest BCUT2D eigenvalue weighted by atomic mass is 10.0. The van der Waals surface area contributed by atoms with E-state index in [0.29, 0.717) is 11.3 Å². The predicted octanol–water partition coefficient (Wildman–Crippen LogP) is 2.60. The molecule has 20 heavy (non-hydrogen) atoms. The molecular weight excluding hydrogens is 254 g/mol. The molecule has 2 aromatic carbocycles. The number of aromatic nitrogens is 2. The van der Waals surface area contributed by atoms with Crippen molar-refractivity contribution in [1.82, 2.24) is 9.78 Å². The van der Waals surface area contributed by atoms with Crippen LogP contribution in [0.4, 0.5) is 0 Å². The number of rotatable bonds is 2. The van der Waals surface area contributed by atoms with Gasteiger partial charge in [-0.3, -0.25) is 0 Å². The molecule has 96 valence electrons. The van der Waals surface area contributed by atoms with Crippen molar-refractivity contribution in [2.24, 2.45) is 0 Å². The monoisotopic (exact) mass is 263 g/mol. The van der Waals surface area contributed by atoms with Crippen molar-refractivity contribution in [2.45, 2.75) is 0 Å². The van der Waals surface area contributed by atoms with Crippen LogP contribution in [0.5, 0.6) is 0 Å². The maximum Gasteiger partial charge on any atom is 0.356 e. The van der Waals surface area contributed by atoms with Gasteiger partial charge < -0.3 is 5.11 Å². The Labute approximate surface area is 114 Å². The van der Waals surface area contributed by atoms with E-state index in [4.69, 9.17) is 5.11 Å². The largest absolute Gasteiger partial charge is 0.476 e. The standard InChI is InChI=1S/C15H9N3O2/c16-9-11-8-12(7-10-3-1-2-4-13(10)11)18-6-5-14(17-18)15(19)20/h1-8H,(H,19,20). The Balaban J connectivity index is 2.21. The number of fused-ring (bicyclic) bond motifs is 1. The zero-order chi connectivity index (χ0) is 14.1. The second kappa shape index (κ2) is 4.52. The number of aromatic carboxylic acids is 1. The molecule has 0 amide bonds. The lowest BCUT2D eigenvalue weighted by Crippen LogP contribution is -2.01. The summed E-state index contributed by atoms with van der Waals surface area (Å²) in [6.07, 6.45) is 1.56. The third-order valence-electron chi connectivity index (χ3n) is 3.04. The van der Waals surface area contributed by atoms with Crippen molar-refractivity contribution in [3.63, 3.8) is 0 Å². The van der Waals surface area contributed by atoms with Crippen molar-refractivity contribution < 1.29 is 9.90 Å². The van der Waals surface area contributed by atoms with E-state index >= 15 is 0 Å². The number of hydrogen-bond acceptors (Lipinski definition) is 3. The van der Waals surface area contributed by atoms with Crippen LogP contribution in [0.1, 0.15) is 16.1 Å². The fourth-order valence-corrected chi connectivity index (χ4v) is 2.10. The molecule has 5 nitrogen and oxygen atoms in total. The van der Waals surface area contributed by atoms with Gasteiger partial charge >= 0.3 is 5.97 Å². The summed E-state index contributed by atoms with van der Waals surface area (Å²) < 4.78 is 1.46. The molecule has 5 heteroatoms. The first-order chi connectivity index (χ1) is 9.69. The Morgan fingerprint density at radius 1 is 1.25 bits per heavy atom. The Morgan fingerprint density at radius 2 is 2.05 bits per heavy atom. The fraction of sp³-hybridized carbons (Fsp3) is 0. The van der Waals surface area contributed by atoms with Gasteiger partial charge in [-0.05, 0) is 29.0 Å². The van der Waals surface area contributed by atoms with Gasteiger partial charge in [0.2, 0.25) is 0 Å². The molecule has 0 aliphatic heterocycles. The van der Waals surface area contributed by atoms with Gasteiger partial charge in [0.25, 0.3) is 0 Å². The third kappa shape index (κ3) is 1.89. The molecule has 3 aromatic rings. The number of nitrogens with zero attached hydrogens (tertiary/aromatic N) is 3. The smallest absolute Gasteiger partial charge is 0.356 e. The molecule has 0 spiro atoms. The zero-order valence-corrected chi connectivity index (χ0v) is 10.3. The SMILES string of the molecule is N#Cc1cc(-n2ccc(C(=O)O)n2)cc2ccccc12. The van der Waals surface area contributed by atoms with E-state index in [1.807, 2.05) is 30.3 Å². The predicted molar refractivity (Wildman–Crippen MR) is 72.7 cm³/mol. The number of carboxylic acids is 1. The molecule has 1 heterocycles. The summed E-state index contributed by atoms with van der Waals surface area (Å²) in [5, 5.41) is 23.9. The van der Waals surface area contributed by atoms with Crippen molar-refractivity contribution >= 4 is 16.7 Å². The van der Waals surface area contributed by atoms with E-state index < -0.39 is 5.97 Å². The van der Waals surface area contributed by atoms with Gasteiger partial charge in [-0.25, -0.2) is 9.48 Å². The van der Waals surface area contributed by atoms with Gasteiger partial charge in [0, 0.05) is 6.20 Å². The van der Waals surface area contributed by atoms with Crippen LogP contribution in [-0.4, -0.2) is 20.9 Å². The Bertz CT molecular complexity index is 859. The first-order valence-corrected chi connectivity index (χ1v) is 5.91. The number of nitriles is 1. The van der Waals surface area contributed by atoms with Gasteiger partial charge in [-0.2, -0.15) is 10.4 Å². The van der Waals surface area contributed by atoms with Gasteiger partial charge in [0.1, 0.15) is 0 Å². The molecule has 0 aliphatic rings. The lowest BCUT2D eigenvalue weighted by Gasteiger charge is -2.05. The van der Waals surface area contributed by atoms with E-state index in [1.165, 1.54) is 10.7 Å². The second-order valence-electron chi connectivity index (χ2n) is 4.28. The van der Waals surface area contributed by atoms with Gasteiger partial charge in [0.05, 0.1) is 17.3 Å². The Kier molecular flexibility index (Phi) is 2.70. The number of benzene rings is 2. The highest BCUT2D eigenvalue weighted by Gasteiger charge is 2.09. The zero-order valence-electron chi connectivity index (χ0n) is 10.3. The molecule has 1 aromatic heterocycles. The van der Waals surface area contributed by atoms with E-state index in [2.05, 4.69) is 11.2 Å². The van der Waals surface area contributed by atoms with Crippen LogP contribution in [0.15, 0.2) is 48.7 Å². The Hall–Kier alpha value is -3.13. The highest BCUT2D eigenvalue weighted by Crippen LogP contribution is 2.22. The van der Waals surface area contributed by atoms with Crippen molar-refractivity contribution in [1.29, 1.82) is 5.26 Å². The molecular formula is C15H9N3O2. The van der Waals surface area contributed by atoms with Gasteiger partial charge in [0.15, 0.2) is 5.69 Å². The average Bonchev–Trinajstić information content (AvgIpc) is 2.96. The van der Waals surface area contributed by atoms with E-state index in [9.17, 15) is 10.1 Å². The Morgan fingerprint density at radius 3 is 2.75 bits per heavy atom. The quantitative estimate of drug-likeness (QED) is 0.770. The van der Waals surface area contributed by atoms with Crippen LogP contribution in [-0.2, 0) is 0 Å². The van der Waals surface area contributed by atoms with Crippen LogP contribution in [0.25, 0.3) is 16.5 Å². The molecule has 0 unspecified atom stereocenters. The summed E-state index contributed by atoms with van der Waals surface area (Å²) in [7, 11) is 0. The lowest BCUT2D eigenvalue weighted by molar-refractivity contribution is 0.0690. The molecule has 0 saturated carbocycles. The normalized spacial score (nSPS) is 10.3. The second-order valence-corrected chi connectivity index (χ2v) is 4.28. The maximum absolute atomic E-state index is 10.9. The molecule has 3 rings (SSSR count). The number of carboxylic acid groups (broad SMARTS) is 1. The minimum atomic E-state index is -1.08. The first kappa shape index (κ1) is 11.9. The summed E-state index contributed by atoms with van der Waals surface area (Å²) in [6.45, 7) is 0. The topological polar surface area (TPSA) is 78.9 Å². The van der Waals surface area contributed by atoms with Crippen LogP contribution < -0.4 is 0 Å². The molecule has 0 fully saturated rings. The maximum atomic E-state index is 10.9. The minimum absolute atomic E-state index is 0.0309. The molecule has 0 aliphatic carbocycles. The molecule has 1 N–H and O–H groups in total. The van der Waals surface area contributed by atoms with Gasteiger partial charge in [-0.1, -0.05) is 24.3 Å². The van der Waals surface area contributed by atoms with E-state index in [0.717, 1.165) is 10.8 Å². The third-order valence-corrected chi connectivity index (χ3v) is 3.04. The van der Waals surface area contributed by atoms with Crippen LogP contribution in [0, 0.1) is 11.3 Å². The van der Waals surface area contributed by atoms with E-state index in [-0.39, 0.29) is 5.69 Å². The van der Waals surface area contributed by atoms with Crippen LogP contribution in [0.2, 0.25) is 0 Å². The summed E-state index contributed by atoms with van der Waals surface area (Å²) in [4.78, 5) is 10.9. The molecule has 0 radical (unpaired) electrons. The number of hydrogen-bond donors (Lipinski definition) is 1. The van der Waals surface area contributed by atoms with Crippen LogP contribution >= 0.6 is 0 Å². The highest BCUT2D eigenvalue weighted by molar-refractivity contribution is 5.90. The van der Waals surface area contributed by atoms with Gasteiger partial charge in [-0.15, -0.1) is 0 Å². The summed E-state index contributed by atoms with van der Waals surface area (Å²) >= 11 is 0. The molecule has 0 bridgehead atoms. The molecule has 0 saturated heterocycles. The first-order valence-electron chi connectivity index (χ1n) is 5.91. The van der Waals surface area contributed by atoms with Crippen molar-refractivity contribution in [2.75, 3.05) is 0 Å². The average molecular weight is 263 g/mol. The molecule has 0 atom stereocenters. The van der Waals surface area contributed by atoms with Crippen molar-refractivity contribution in [3.05, 3.63) is 59.9 Å². The van der Waals surface area contributed by atoms with Crippen LogP contribution in [0.3, 0.4) is 0 Å². The van der Waals surface area contributed by atoms with Crippen molar-refractivity contribution in [3.8, 4) is 11.8 Å². The van der Waals surface area contributed by atoms with E-state index in [1.54, 1.807) is 12.3 Å². The summed E-state index contributed by atoms with van der Waals surface area (Å²) in [5.41, 5.74) is 1.16. The summed E-state index contributed by atoms with van der Waals surface area (Å²) in [6, 6.07) is 14.7. The summed E-state index contributed by atoms with van der Waals surface area (Å²) in [5.74, 6) is -1.08. The number of carbonyl (C=O) groups is 1. The highest BCUT2D eigenvalue weighted by atomic mass is 16.4. The fourth-order valence-electron chi connectivity index (χ4n) is 2.10.